The van der Waals surface area contributed by atoms with Crippen LogP contribution in [0.25, 0.3) is 11.4 Å². The van der Waals surface area contributed by atoms with Crippen molar-refractivity contribution >= 4 is 24.8 Å². The first-order valence-electron chi connectivity index (χ1n) is 7.06. The summed E-state index contributed by atoms with van der Waals surface area (Å²) < 4.78 is 40.3. The molecule has 24 heavy (non-hydrogen) atoms. The number of aromatic nitrogens is 2. The lowest BCUT2D eigenvalue weighted by Crippen LogP contribution is -2.41. The molecule has 1 aliphatic heterocycles. The van der Waals surface area contributed by atoms with Gasteiger partial charge in [-0.05, 0) is 25.1 Å². The highest BCUT2D eigenvalue weighted by Crippen LogP contribution is 2.33. The summed E-state index contributed by atoms with van der Waals surface area (Å²) >= 11 is 0. The van der Waals surface area contributed by atoms with Crippen LogP contribution < -0.4 is 5.32 Å². The van der Waals surface area contributed by atoms with E-state index in [0.717, 1.165) is 18.7 Å². The quantitative estimate of drug-likeness (QED) is 0.836. The van der Waals surface area contributed by atoms with E-state index in [1.54, 1.807) is 23.0 Å². The zero-order valence-corrected chi connectivity index (χ0v) is 14.2. The Kier molecular flexibility index (Phi) is 7.10. The van der Waals surface area contributed by atoms with Gasteiger partial charge in [-0.1, -0.05) is 12.1 Å². The number of hydrogen-bond donors (Lipinski definition) is 2. The molecular formula is C15H18Cl2F3N3O. The number of rotatable bonds is 2. The summed E-state index contributed by atoms with van der Waals surface area (Å²) in [6.07, 6.45) is -1.03. The number of β-amino-alcohol motifs (C(OH)–C–C–N with tert-alkyl or cyclic N) is 1. The Balaban J connectivity index is 0.00000144. The second-order valence-electron chi connectivity index (χ2n) is 5.36. The van der Waals surface area contributed by atoms with Gasteiger partial charge in [0.15, 0.2) is 0 Å². The van der Waals surface area contributed by atoms with E-state index in [9.17, 15) is 18.3 Å². The minimum absolute atomic E-state index is 0. The molecule has 3 rings (SSSR count). The first-order chi connectivity index (χ1) is 10.5. The molecule has 2 heterocycles. The van der Waals surface area contributed by atoms with E-state index < -0.39 is 17.8 Å². The zero-order valence-electron chi connectivity index (χ0n) is 12.5. The fourth-order valence-electron chi connectivity index (χ4n) is 2.79. The lowest BCUT2D eigenvalue weighted by molar-refractivity contribution is -0.137. The van der Waals surface area contributed by atoms with Crippen molar-refractivity contribution in [2.75, 3.05) is 13.1 Å². The third-order valence-electron chi connectivity index (χ3n) is 3.89. The van der Waals surface area contributed by atoms with Gasteiger partial charge in [-0.25, -0.2) is 4.98 Å². The van der Waals surface area contributed by atoms with Crippen LogP contribution in [-0.2, 0) is 6.18 Å². The molecule has 134 valence electrons. The second-order valence-corrected chi connectivity index (χ2v) is 5.36. The highest BCUT2D eigenvalue weighted by molar-refractivity contribution is 5.85. The number of benzene rings is 1. The average Bonchev–Trinajstić information content (AvgIpc) is 2.96. The molecule has 0 aliphatic carbocycles. The van der Waals surface area contributed by atoms with Gasteiger partial charge in [0.1, 0.15) is 5.82 Å². The summed E-state index contributed by atoms with van der Waals surface area (Å²) in [5.41, 5.74) is -0.309. The maximum atomic E-state index is 12.9. The second kappa shape index (κ2) is 8.20. The van der Waals surface area contributed by atoms with Crippen molar-refractivity contribution in [3.05, 3.63) is 42.2 Å². The molecule has 2 atom stereocenters. The zero-order chi connectivity index (χ0) is 15.7. The molecule has 4 nitrogen and oxygen atoms in total. The van der Waals surface area contributed by atoms with Crippen molar-refractivity contribution in [2.45, 2.75) is 24.7 Å². The molecule has 1 aromatic carbocycles. The van der Waals surface area contributed by atoms with Gasteiger partial charge in [0.2, 0.25) is 0 Å². The van der Waals surface area contributed by atoms with Gasteiger partial charge in [-0.15, -0.1) is 24.8 Å². The fourth-order valence-corrected chi connectivity index (χ4v) is 2.79. The highest BCUT2D eigenvalue weighted by Gasteiger charge is 2.31. The number of nitrogens with zero attached hydrogens (tertiary/aromatic N) is 2. The van der Waals surface area contributed by atoms with Gasteiger partial charge in [-0.3, -0.25) is 0 Å². The number of alkyl halides is 3. The van der Waals surface area contributed by atoms with Crippen LogP contribution in [0.2, 0.25) is 0 Å². The largest absolute Gasteiger partial charge is 0.416 e. The van der Waals surface area contributed by atoms with E-state index in [0.29, 0.717) is 24.4 Å². The normalized spacial score (nSPS) is 20.8. The monoisotopic (exact) mass is 383 g/mol. The minimum Gasteiger partial charge on any atom is -0.390 e. The lowest BCUT2D eigenvalue weighted by atomic mass is 10.0. The van der Waals surface area contributed by atoms with Gasteiger partial charge >= 0.3 is 6.18 Å². The van der Waals surface area contributed by atoms with Crippen LogP contribution in [0, 0.1) is 0 Å². The summed E-state index contributed by atoms with van der Waals surface area (Å²) in [5.74, 6) is 0.442. The van der Waals surface area contributed by atoms with Crippen LogP contribution in [0.3, 0.4) is 0 Å². The maximum Gasteiger partial charge on any atom is 0.416 e. The molecule has 0 amide bonds. The van der Waals surface area contributed by atoms with Crippen LogP contribution in [-0.4, -0.2) is 33.9 Å². The maximum absolute atomic E-state index is 12.9. The Morgan fingerprint density at radius 3 is 2.67 bits per heavy atom. The van der Waals surface area contributed by atoms with E-state index in [4.69, 9.17) is 0 Å². The number of imidazole rings is 1. The van der Waals surface area contributed by atoms with Crippen LogP contribution in [0.15, 0.2) is 36.7 Å². The Labute approximate surface area is 149 Å². The summed E-state index contributed by atoms with van der Waals surface area (Å²) in [7, 11) is 0. The molecule has 1 fully saturated rings. The van der Waals surface area contributed by atoms with Crippen molar-refractivity contribution in [3.63, 3.8) is 0 Å². The molecule has 1 saturated heterocycles. The van der Waals surface area contributed by atoms with E-state index in [-0.39, 0.29) is 30.9 Å². The molecule has 2 aromatic rings. The Bertz CT molecular complexity index is 663. The molecule has 0 saturated carbocycles. The number of aliphatic hydroxyl groups is 1. The number of hydrogen-bond acceptors (Lipinski definition) is 3. The molecule has 0 spiro atoms. The van der Waals surface area contributed by atoms with Crippen molar-refractivity contribution in [2.24, 2.45) is 0 Å². The standard InChI is InChI=1S/C15H16F3N3O.2ClH/c16-15(17,18)11-3-1-2-10(8-11)14-20-6-7-21(14)12-4-5-19-9-13(12)22;;/h1-3,6-8,12-13,19,22H,4-5,9H2;2*1H/t12-,13-;;/m0../s1. The molecule has 0 unspecified atom stereocenters. The van der Waals surface area contributed by atoms with E-state index in [2.05, 4.69) is 10.3 Å². The predicted molar refractivity (Wildman–Crippen MR) is 89.7 cm³/mol. The summed E-state index contributed by atoms with van der Waals surface area (Å²) in [6, 6.07) is 4.91. The van der Waals surface area contributed by atoms with Crippen LogP contribution in [0.5, 0.6) is 0 Å². The third-order valence-corrected chi connectivity index (χ3v) is 3.89. The van der Waals surface area contributed by atoms with Gasteiger partial charge in [0.05, 0.1) is 17.7 Å². The minimum atomic E-state index is -4.39. The molecule has 9 heteroatoms. The topological polar surface area (TPSA) is 50.1 Å². The van der Waals surface area contributed by atoms with Crippen molar-refractivity contribution in [3.8, 4) is 11.4 Å². The van der Waals surface area contributed by atoms with Crippen molar-refractivity contribution < 1.29 is 18.3 Å². The van der Waals surface area contributed by atoms with Crippen LogP contribution >= 0.6 is 24.8 Å². The van der Waals surface area contributed by atoms with Crippen LogP contribution in [0.4, 0.5) is 13.2 Å². The summed E-state index contributed by atoms with van der Waals surface area (Å²) in [5, 5.41) is 13.2. The molecule has 2 N–H and O–H groups in total. The van der Waals surface area contributed by atoms with Gasteiger partial charge in [-0.2, -0.15) is 13.2 Å². The molecule has 1 aliphatic rings. The molecule has 0 radical (unpaired) electrons. The molecule has 0 bridgehead atoms. The number of nitrogens with one attached hydrogen (secondary N) is 1. The lowest BCUT2D eigenvalue weighted by Gasteiger charge is -2.30. The van der Waals surface area contributed by atoms with Gasteiger partial charge < -0.3 is 15.0 Å². The average molecular weight is 384 g/mol. The summed E-state index contributed by atoms with van der Waals surface area (Å²) in [6.45, 7) is 1.22. The van der Waals surface area contributed by atoms with Gasteiger partial charge in [0.25, 0.3) is 0 Å². The fraction of sp³-hybridized carbons (Fsp3) is 0.400. The van der Waals surface area contributed by atoms with E-state index in [1.807, 2.05) is 0 Å². The molecule has 1 aromatic heterocycles. The SMILES string of the molecule is Cl.Cl.O[C@H]1CNCC[C@@H]1n1ccnc1-c1cccc(C(F)(F)F)c1. The summed E-state index contributed by atoms with van der Waals surface area (Å²) in [4.78, 5) is 4.18. The Morgan fingerprint density at radius 2 is 2.00 bits per heavy atom. The van der Waals surface area contributed by atoms with Crippen LogP contribution in [0.1, 0.15) is 18.0 Å². The number of aliphatic hydroxyl groups excluding tert-OH is 1. The Morgan fingerprint density at radius 1 is 1.25 bits per heavy atom. The van der Waals surface area contributed by atoms with E-state index in [1.165, 1.54) is 6.07 Å². The number of piperidine rings is 1. The first kappa shape index (κ1) is 20.8. The van der Waals surface area contributed by atoms with Gasteiger partial charge in [0, 0.05) is 24.5 Å². The van der Waals surface area contributed by atoms with Crippen molar-refractivity contribution in [1.29, 1.82) is 0 Å². The molecular weight excluding hydrogens is 366 g/mol. The smallest absolute Gasteiger partial charge is 0.390 e. The predicted octanol–water partition coefficient (Wildman–Crippen LogP) is 3.31. The van der Waals surface area contributed by atoms with Crippen molar-refractivity contribution in [1.82, 2.24) is 14.9 Å². The Hall–Kier alpha value is -1.28. The van der Waals surface area contributed by atoms with E-state index >= 15 is 0 Å². The third kappa shape index (κ3) is 4.22. The highest BCUT2D eigenvalue weighted by atomic mass is 35.5. The first-order valence-corrected chi connectivity index (χ1v) is 7.06. The number of halogens is 5.